The van der Waals surface area contributed by atoms with Gasteiger partial charge in [0.15, 0.2) is 0 Å². The highest BCUT2D eigenvalue weighted by Gasteiger charge is 2.46. The number of benzene rings is 1. The highest BCUT2D eigenvalue weighted by atomic mass is 19.1. The second kappa shape index (κ2) is 6.43. The number of halogens is 1. The van der Waals surface area contributed by atoms with Crippen LogP contribution in [0.4, 0.5) is 10.1 Å². The summed E-state index contributed by atoms with van der Waals surface area (Å²) in [5.74, 6) is -0.650. The van der Waals surface area contributed by atoms with E-state index in [0.717, 1.165) is 0 Å². The first kappa shape index (κ1) is 15.8. The first-order chi connectivity index (χ1) is 9.95. The lowest BCUT2D eigenvalue weighted by Gasteiger charge is -2.41. The normalized spacial score (nSPS) is 29.0. The monoisotopic (exact) mass is 295 g/mol. The van der Waals surface area contributed by atoms with Crippen LogP contribution in [0, 0.1) is 5.82 Å². The Bertz CT molecular complexity index is 496. The van der Waals surface area contributed by atoms with Crippen LogP contribution in [0.1, 0.15) is 33.6 Å². The molecule has 1 N–H and O–H groups in total. The largest absolute Gasteiger partial charge is 0.464 e. The van der Waals surface area contributed by atoms with Gasteiger partial charge in [0.2, 0.25) is 0 Å². The fourth-order valence-electron chi connectivity index (χ4n) is 2.99. The lowest BCUT2D eigenvalue weighted by Crippen LogP contribution is -2.55. The van der Waals surface area contributed by atoms with Crippen molar-refractivity contribution in [3.05, 3.63) is 30.1 Å². The van der Waals surface area contributed by atoms with Crippen molar-refractivity contribution in [2.45, 2.75) is 51.4 Å². The van der Waals surface area contributed by atoms with Gasteiger partial charge in [-0.15, -0.1) is 0 Å². The van der Waals surface area contributed by atoms with Gasteiger partial charge in [-0.25, -0.2) is 9.18 Å². The van der Waals surface area contributed by atoms with Gasteiger partial charge >= 0.3 is 5.97 Å². The lowest BCUT2D eigenvalue weighted by molar-refractivity contribution is -0.157. The summed E-state index contributed by atoms with van der Waals surface area (Å²) in [5.41, 5.74) is -0.301. The number of carbonyl (C=O) groups is 1. The van der Waals surface area contributed by atoms with Crippen LogP contribution in [0.15, 0.2) is 24.3 Å². The fraction of sp³-hybridized carbons (Fsp3) is 0.562. The third-order valence-corrected chi connectivity index (χ3v) is 3.61. The van der Waals surface area contributed by atoms with E-state index in [1.54, 1.807) is 19.1 Å². The molecule has 0 aliphatic carbocycles. The molecule has 1 aliphatic rings. The second-order valence-corrected chi connectivity index (χ2v) is 5.60. The first-order valence-electron chi connectivity index (χ1n) is 7.31. The number of esters is 1. The number of hydrogen-bond donors (Lipinski definition) is 1. The molecule has 2 atom stereocenters. The van der Waals surface area contributed by atoms with Crippen LogP contribution < -0.4 is 5.32 Å². The van der Waals surface area contributed by atoms with Crippen molar-refractivity contribution >= 4 is 11.7 Å². The van der Waals surface area contributed by atoms with Crippen molar-refractivity contribution < 1.29 is 18.7 Å². The van der Waals surface area contributed by atoms with E-state index in [0.29, 0.717) is 25.1 Å². The Hall–Kier alpha value is -1.62. The predicted molar refractivity (Wildman–Crippen MR) is 78.6 cm³/mol. The summed E-state index contributed by atoms with van der Waals surface area (Å²) in [5, 5.41) is 3.19. The van der Waals surface area contributed by atoms with Crippen molar-refractivity contribution in [3.8, 4) is 0 Å². The molecule has 116 valence electrons. The van der Waals surface area contributed by atoms with Crippen LogP contribution in [0.25, 0.3) is 0 Å². The van der Waals surface area contributed by atoms with Crippen molar-refractivity contribution in [1.82, 2.24) is 0 Å². The maximum atomic E-state index is 13.4. The number of ether oxygens (including phenoxy) is 2. The van der Waals surface area contributed by atoms with E-state index in [4.69, 9.17) is 9.47 Å². The van der Waals surface area contributed by atoms with E-state index >= 15 is 0 Å². The second-order valence-electron chi connectivity index (χ2n) is 5.60. The van der Waals surface area contributed by atoms with Gasteiger partial charge in [0.1, 0.15) is 11.4 Å². The zero-order chi connectivity index (χ0) is 15.5. The molecule has 1 aliphatic heterocycles. The molecule has 5 heteroatoms. The maximum absolute atomic E-state index is 13.4. The Balaban J connectivity index is 2.29. The molecule has 0 radical (unpaired) electrons. The third-order valence-electron chi connectivity index (χ3n) is 3.61. The maximum Gasteiger partial charge on any atom is 0.331 e. The summed E-state index contributed by atoms with van der Waals surface area (Å²) in [4.78, 5) is 12.5. The van der Waals surface area contributed by atoms with E-state index in [9.17, 15) is 9.18 Å². The Labute approximate surface area is 124 Å². The minimum Gasteiger partial charge on any atom is -0.464 e. The third kappa shape index (κ3) is 3.73. The number of anilines is 1. The molecule has 2 unspecified atom stereocenters. The molecule has 0 aromatic heterocycles. The van der Waals surface area contributed by atoms with Crippen LogP contribution in [0.3, 0.4) is 0 Å². The van der Waals surface area contributed by atoms with Gasteiger partial charge in [0.05, 0.1) is 18.8 Å². The standard InChI is InChI=1S/C16H22FNO3/c1-4-20-15(19)16(9-11(2)21-12(3)10-16)18-14-7-5-6-13(17)8-14/h5-8,11-12,18H,4,9-10H2,1-3H3. The average molecular weight is 295 g/mol. The molecule has 0 saturated carbocycles. The van der Waals surface area contributed by atoms with E-state index in [2.05, 4.69) is 5.32 Å². The zero-order valence-corrected chi connectivity index (χ0v) is 12.7. The quantitative estimate of drug-likeness (QED) is 0.867. The molecular weight excluding hydrogens is 273 g/mol. The fourth-order valence-corrected chi connectivity index (χ4v) is 2.99. The van der Waals surface area contributed by atoms with E-state index < -0.39 is 5.54 Å². The SMILES string of the molecule is CCOC(=O)C1(Nc2cccc(F)c2)CC(C)OC(C)C1. The van der Waals surface area contributed by atoms with Gasteiger partial charge in [-0.1, -0.05) is 6.07 Å². The summed E-state index contributed by atoms with van der Waals surface area (Å²) in [6.07, 6.45) is 0.845. The molecule has 0 bridgehead atoms. The Kier molecular flexibility index (Phi) is 4.83. The Morgan fingerprint density at radius 2 is 2.10 bits per heavy atom. The van der Waals surface area contributed by atoms with Crippen LogP contribution in [-0.2, 0) is 14.3 Å². The molecule has 1 aromatic carbocycles. The van der Waals surface area contributed by atoms with Crippen molar-refractivity contribution in [1.29, 1.82) is 0 Å². The van der Waals surface area contributed by atoms with E-state index in [1.807, 2.05) is 13.8 Å². The summed E-state index contributed by atoms with van der Waals surface area (Å²) in [7, 11) is 0. The molecular formula is C16H22FNO3. The number of hydrogen-bond acceptors (Lipinski definition) is 4. The minimum absolute atomic E-state index is 0.0702. The molecule has 21 heavy (non-hydrogen) atoms. The summed E-state index contributed by atoms with van der Waals surface area (Å²) in [6.45, 7) is 5.95. The van der Waals surface area contributed by atoms with Crippen LogP contribution >= 0.6 is 0 Å². The summed E-state index contributed by atoms with van der Waals surface area (Å²) in [6, 6.07) is 6.11. The highest BCUT2D eigenvalue weighted by Crippen LogP contribution is 2.33. The minimum atomic E-state index is -0.874. The predicted octanol–water partition coefficient (Wildman–Crippen LogP) is 3.13. The number of carbonyl (C=O) groups excluding carboxylic acids is 1. The van der Waals surface area contributed by atoms with E-state index in [-0.39, 0.29) is 24.0 Å². The molecule has 1 fully saturated rings. The first-order valence-corrected chi connectivity index (χ1v) is 7.31. The van der Waals surface area contributed by atoms with Gasteiger partial charge in [-0.3, -0.25) is 0 Å². The highest BCUT2D eigenvalue weighted by molar-refractivity contribution is 5.85. The average Bonchev–Trinajstić information content (AvgIpc) is 2.37. The molecule has 1 aromatic rings. The van der Waals surface area contributed by atoms with Gasteiger partial charge in [-0.05, 0) is 39.0 Å². The summed E-state index contributed by atoms with van der Waals surface area (Å²) < 4.78 is 24.3. The molecule has 4 nitrogen and oxygen atoms in total. The zero-order valence-electron chi connectivity index (χ0n) is 12.7. The van der Waals surface area contributed by atoms with Crippen LogP contribution in [0.5, 0.6) is 0 Å². The Morgan fingerprint density at radius 3 is 2.67 bits per heavy atom. The van der Waals surface area contributed by atoms with Gasteiger partial charge < -0.3 is 14.8 Å². The smallest absolute Gasteiger partial charge is 0.331 e. The number of rotatable bonds is 4. The molecule has 2 rings (SSSR count). The van der Waals surface area contributed by atoms with Crippen LogP contribution in [0.2, 0.25) is 0 Å². The van der Waals surface area contributed by atoms with Crippen molar-refractivity contribution in [3.63, 3.8) is 0 Å². The molecule has 1 saturated heterocycles. The van der Waals surface area contributed by atoms with Gasteiger partial charge in [0.25, 0.3) is 0 Å². The van der Waals surface area contributed by atoms with Gasteiger partial charge in [0, 0.05) is 18.5 Å². The molecule has 1 heterocycles. The van der Waals surface area contributed by atoms with Crippen molar-refractivity contribution in [2.75, 3.05) is 11.9 Å². The van der Waals surface area contributed by atoms with Crippen LogP contribution in [-0.4, -0.2) is 30.3 Å². The molecule has 0 amide bonds. The summed E-state index contributed by atoms with van der Waals surface area (Å²) >= 11 is 0. The van der Waals surface area contributed by atoms with Crippen molar-refractivity contribution in [2.24, 2.45) is 0 Å². The Morgan fingerprint density at radius 1 is 1.43 bits per heavy atom. The topological polar surface area (TPSA) is 47.6 Å². The number of nitrogens with one attached hydrogen (secondary N) is 1. The molecule has 0 spiro atoms. The van der Waals surface area contributed by atoms with Gasteiger partial charge in [-0.2, -0.15) is 0 Å². The van der Waals surface area contributed by atoms with E-state index in [1.165, 1.54) is 12.1 Å². The lowest BCUT2D eigenvalue weighted by atomic mass is 9.83.